The van der Waals surface area contributed by atoms with Crippen molar-refractivity contribution in [1.82, 2.24) is 15.5 Å². The van der Waals surface area contributed by atoms with E-state index in [0.717, 1.165) is 12.3 Å². The fraction of sp³-hybridized carbons (Fsp3) is 0.278. The van der Waals surface area contributed by atoms with Crippen molar-refractivity contribution < 1.29 is 41.4 Å². The number of ether oxygens (including phenoxy) is 2. The number of nitrogens with one attached hydrogen (secondary N) is 2. The van der Waals surface area contributed by atoms with E-state index in [9.17, 15) is 27.6 Å². The molecule has 160 valence electrons. The van der Waals surface area contributed by atoms with Gasteiger partial charge in [0.2, 0.25) is 0 Å². The molecule has 1 aromatic heterocycles. The molecule has 30 heavy (non-hydrogen) atoms. The summed E-state index contributed by atoms with van der Waals surface area (Å²) in [4.78, 5) is 37.5. The Morgan fingerprint density at radius 1 is 1.20 bits per heavy atom. The fourth-order valence-corrected chi connectivity index (χ4v) is 2.85. The van der Waals surface area contributed by atoms with Crippen molar-refractivity contribution in [1.29, 1.82) is 0 Å². The van der Waals surface area contributed by atoms with Gasteiger partial charge in [0, 0.05) is 6.07 Å². The third-order valence-electron chi connectivity index (χ3n) is 4.33. The third kappa shape index (κ3) is 3.63. The molecule has 2 heterocycles. The van der Waals surface area contributed by atoms with Crippen molar-refractivity contribution in [2.75, 3.05) is 14.2 Å². The van der Waals surface area contributed by atoms with Crippen LogP contribution in [0.4, 0.5) is 18.0 Å². The molecule has 2 aromatic rings. The van der Waals surface area contributed by atoms with Crippen molar-refractivity contribution in [2.24, 2.45) is 0 Å². The predicted octanol–water partition coefficient (Wildman–Crippen LogP) is 2.04. The maximum atomic E-state index is 13.8. The molecular weight excluding hydrogens is 411 g/mol. The number of methoxy groups -OCH3 is 2. The topological polar surface area (TPSA) is 110 Å². The number of hydrogen-bond acceptors (Lipinski definition) is 6. The Balaban J connectivity index is 1.93. The van der Waals surface area contributed by atoms with Gasteiger partial charge in [0.1, 0.15) is 11.5 Å². The summed E-state index contributed by atoms with van der Waals surface area (Å²) in [5.41, 5.74) is -3.37. The van der Waals surface area contributed by atoms with Crippen LogP contribution in [0.1, 0.15) is 16.1 Å². The van der Waals surface area contributed by atoms with E-state index in [-0.39, 0.29) is 5.56 Å². The number of benzene rings is 1. The maximum absolute atomic E-state index is 13.8. The first-order chi connectivity index (χ1) is 14.1. The molecule has 0 saturated carbocycles. The van der Waals surface area contributed by atoms with Crippen molar-refractivity contribution >= 4 is 17.8 Å². The number of carbonyl (C=O) groups excluding carboxylic acids is 3. The molecule has 0 radical (unpaired) electrons. The summed E-state index contributed by atoms with van der Waals surface area (Å²) in [6, 6.07) is 5.43. The lowest BCUT2D eigenvalue weighted by Crippen LogP contribution is -2.69. The van der Waals surface area contributed by atoms with Crippen LogP contribution in [0.2, 0.25) is 0 Å². The molecular formula is C18H16F3N3O6. The quantitative estimate of drug-likeness (QED) is 0.683. The zero-order valence-corrected chi connectivity index (χ0v) is 15.7. The number of imide groups is 1. The van der Waals surface area contributed by atoms with Crippen molar-refractivity contribution in [3.8, 4) is 11.5 Å². The lowest BCUT2D eigenvalue weighted by Gasteiger charge is -2.29. The Morgan fingerprint density at radius 3 is 2.33 bits per heavy atom. The average Bonchev–Trinajstić information content (AvgIpc) is 3.31. The van der Waals surface area contributed by atoms with E-state index in [0.29, 0.717) is 16.4 Å². The van der Waals surface area contributed by atoms with Gasteiger partial charge in [0.25, 0.3) is 17.5 Å². The highest BCUT2D eigenvalue weighted by Crippen LogP contribution is 2.35. The van der Waals surface area contributed by atoms with E-state index in [1.54, 1.807) is 10.6 Å². The summed E-state index contributed by atoms with van der Waals surface area (Å²) >= 11 is 0. The van der Waals surface area contributed by atoms with E-state index < -0.39 is 42.0 Å². The van der Waals surface area contributed by atoms with Gasteiger partial charge in [-0.05, 0) is 29.8 Å². The molecule has 2 N–H and O–H groups in total. The van der Waals surface area contributed by atoms with Crippen LogP contribution in [0.5, 0.6) is 11.5 Å². The Bertz CT molecular complexity index is 954. The second-order valence-corrected chi connectivity index (χ2v) is 6.22. The molecule has 0 spiro atoms. The zero-order chi connectivity index (χ0) is 22.1. The number of halogens is 3. The lowest BCUT2D eigenvalue weighted by atomic mass is 10.1. The number of hydrogen-bond donors (Lipinski definition) is 2. The SMILES string of the molecule is COc1cc(CN2C(=O)NC(NC(=O)c3ccco3)(C(F)(F)F)C2=O)cc(OC)c1. The highest BCUT2D eigenvalue weighted by Gasteiger charge is 2.69. The molecule has 1 aliphatic heterocycles. The van der Waals surface area contributed by atoms with Gasteiger partial charge in [0.05, 0.1) is 27.0 Å². The highest BCUT2D eigenvalue weighted by molar-refractivity contribution is 6.09. The molecule has 1 unspecified atom stereocenters. The molecule has 4 amide bonds. The number of urea groups is 1. The number of carbonyl (C=O) groups is 3. The minimum atomic E-state index is -5.33. The Labute approximate surface area is 167 Å². The smallest absolute Gasteiger partial charge is 0.440 e. The lowest BCUT2D eigenvalue weighted by molar-refractivity contribution is -0.200. The summed E-state index contributed by atoms with van der Waals surface area (Å²) in [7, 11) is 2.73. The minimum absolute atomic E-state index is 0.269. The number of rotatable bonds is 6. The summed E-state index contributed by atoms with van der Waals surface area (Å²) in [5, 5.41) is 3.10. The minimum Gasteiger partial charge on any atom is -0.497 e. The maximum Gasteiger partial charge on any atom is 0.440 e. The van der Waals surface area contributed by atoms with Crippen LogP contribution in [-0.2, 0) is 11.3 Å². The molecule has 1 saturated heterocycles. The monoisotopic (exact) mass is 427 g/mol. The van der Waals surface area contributed by atoms with Gasteiger partial charge in [-0.1, -0.05) is 0 Å². The molecule has 1 aliphatic rings. The molecule has 0 aliphatic carbocycles. The Morgan fingerprint density at radius 2 is 1.83 bits per heavy atom. The Kier molecular flexibility index (Phi) is 5.33. The molecule has 3 rings (SSSR count). The molecule has 0 bridgehead atoms. The van der Waals surface area contributed by atoms with Gasteiger partial charge in [-0.2, -0.15) is 13.2 Å². The summed E-state index contributed by atoms with van der Waals surface area (Å²) in [5.74, 6) is -2.86. The molecule has 1 aromatic carbocycles. The molecule has 1 fully saturated rings. The summed E-state index contributed by atoms with van der Waals surface area (Å²) in [6.45, 7) is -0.521. The van der Waals surface area contributed by atoms with Crippen molar-refractivity contribution in [3.63, 3.8) is 0 Å². The molecule has 12 heteroatoms. The summed E-state index contributed by atoms with van der Waals surface area (Å²) < 4.78 is 56.4. The van der Waals surface area contributed by atoms with Gasteiger partial charge in [-0.3, -0.25) is 19.8 Å². The summed E-state index contributed by atoms with van der Waals surface area (Å²) in [6.07, 6.45) is -4.25. The van der Waals surface area contributed by atoms with Crippen molar-refractivity contribution in [3.05, 3.63) is 47.9 Å². The average molecular weight is 427 g/mol. The van der Waals surface area contributed by atoms with Gasteiger partial charge >= 0.3 is 12.2 Å². The predicted molar refractivity (Wildman–Crippen MR) is 93.6 cm³/mol. The van der Waals surface area contributed by atoms with Gasteiger partial charge in [-0.15, -0.1) is 0 Å². The molecule has 9 nitrogen and oxygen atoms in total. The third-order valence-corrected chi connectivity index (χ3v) is 4.33. The second kappa shape index (κ2) is 7.61. The van der Waals surface area contributed by atoms with Gasteiger partial charge in [-0.25, -0.2) is 4.79 Å². The largest absolute Gasteiger partial charge is 0.497 e. The standard InChI is InChI=1S/C18H16F3N3O6/c1-28-11-6-10(7-12(8-11)29-2)9-24-15(26)17(18(19,20)21,23-16(24)27)22-14(25)13-4-3-5-30-13/h3-8H,9H2,1-2H3,(H,22,25)(H,23,27). The number of furan rings is 1. The number of amides is 4. The van der Waals surface area contributed by atoms with E-state index in [2.05, 4.69) is 0 Å². The van der Waals surface area contributed by atoms with Crippen LogP contribution in [0.25, 0.3) is 0 Å². The van der Waals surface area contributed by atoms with Crippen LogP contribution in [0.3, 0.4) is 0 Å². The number of alkyl halides is 3. The van der Waals surface area contributed by atoms with Crippen LogP contribution in [0, 0.1) is 0 Å². The van der Waals surface area contributed by atoms with Gasteiger partial charge in [0.15, 0.2) is 5.76 Å². The first kappa shape index (κ1) is 21.0. The van der Waals surface area contributed by atoms with Crippen LogP contribution < -0.4 is 20.1 Å². The first-order valence-electron chi connectivity index (χ1n) is 8.40. The van der Waals surface area contributed by atoms with Gasteiger partial charge < -0.3 is 19.2 Å². The number of nitrogens with zero attached hydrogens (tertiary/aromatic N) is 1. The molecule has 1 atom stereocenters. The van der Waals surface area contributed by atoms with E-state index in [4.69, 9.17) is 13.9 Å². The highest BCUT2D eigenvalue weighted by atomic mass is 19.4. The van der Waals surface area contributed by atoms with Crippen molar-refractivity contribution in [2.45, 2.75) is 18.4 Å². The first-order valence-corrected chi connectivity index (χ1v) is 8.40. The zero-order valence-electron chi connectivity index (χ0n) is 15.7. The van der Waals surface area contributed by atoms with E-state index in [1.807, 2.05) is 0 Å². The second-order valence-electron chi connectivity index (χ2n) is 6.22. The van der Waals surface area contributed by atoms with E-state index >= 15 is 0 Å². The Hall–Kier alpha value is -3.70. The van der Waals surface area contributed by atoms with Crippen LogP contribution >= 0.6 is 0 Å². The van der Waals surface area contributed by atoms with Crippen LogP contribution in [0.15, 0.2) is 41.0 Å². The van der Waals surface area contributed by atoms with Crippen LogP contribution in [-0.4, -0.2) is 48.8 Å². The normalized spacial score (nSPS) is 18.9. The van der Waals surface area contributed by atoms with E-state index in [1.165, 1.54) is 38.5 Å². The fourth-order valence-electron chi connectivity index (χ4n) is 2.85.